The molecule has 1 N–H and O–H groups in total. The van der Waals surface area contributed by atoms with Crippen molar-refractivity contribution < 1.29 is 9.13 Å². The molecule has 0 spiro atoms. The van der Waals surface area contributed by atoms with E-state index in [1.165, 1.54) is 0 Å². The molecule has 6 heteroatoms. The summed E-state index contributed by atoms with van der Waals surface area (Å²) >= 11 is 1.69. The zero-order valence-corrected chi connectivity index (χ0v) is 17.6. The van der Waals surface area contributed by atoms with Gasteiger partial charge >= 0.3 is 0 Å². The summed E-state index contributed by atoms with van der Waals surface area (Å²) in [5, 5.41) is 0. The highest BCUT2D eigenvalue weighted by atomic mass is 32.2. The lowest BCUT2D eigenvalue weighted by atomic mass is 10.1. The summed E-state index contributed by atoms with van der Waals surface area (Å²) in [7, 11) is 2.16. The van der Waals surface area contributed by atoms with Crippen molar-refractivity contribution in [1.82, 2.24) is 14.9 Å². The van der Waals surface area contributed by atoms with Crippen LogP contribution in [0.4, 0.5) is 4.39 Å². The minimum absolute atomic E-state index is 0.215. The van der Waals surface area contributed by atoms with Gasteiger partial charge in [-0.15, -0.1) is 11.8 Å². The van der Waals surface area contributed by atoms with Crippen LogP contribution in [0.2, 0.25) is 0 Å². The number of aromatic amines is 1. The molecule has 0 bridgehead atoms. The van der Waals surface area contributed by atoms with E-state index in [4.69, 9.17) is 9.72 Å². The fourth-order valence-electron chi connectivity index (χ4n) is 3.72. The van der Waals surface area contributed by atoms with Gasteiger partial charge in [0.2, 0.25) is 0 Å². The van der Waals surface area contributed by atoms with Crippen molar-refractivity contribution in [2.24, 2.45) is 0 Å². The number of nitrogens with zero attached hydrogens (tertiary/aromatic N) is 2. The number of para-hydroxylation sites is 2. The Kier molecular flexibility index (Phi) is 6.85. The molecule has 0 saturated carbocycles. The molecule has 1 fully saturated rings. The van der Waals surface area contributed by atoms with Crippen molar-refractivity contribution >= 4 is 22.8 Å². The number of rotatable bonds is 8. The topological polar surface area (TPSA) is 41.1 Å². The van der Waals surface area contributed by atoms with Crippen LogP contribution >= 0.6 is 11.8 Å². The number of hydrogen-bond acceptors (Lipinski definition) is 4. The number of hydrogen-bond donors (Lipinski definition) is 1. The summed E-state index contributed by atoms with van der Waals surface area (Å²) < 4.78 is 19.1. The van der Waals surface area contributed by atoms with Crippen LogP contribution in [0.25, 0.3) is 11.0 Å². The molecular weight excluding hydrogens is 385 g/mol. The van der Waals surface area contributed by atoms with Gasteiger partial charge in [0.25, 0.3) is 0 Å². The van der Waals surface area contributed by atoms with E-state index >= 15 is 0 Å². The summed E-state index contributed by atoms with van der Waals surface area (Å²) in [4.78, 5) is 11.8. The predicted octanol–water partition coefficient (Wildman–Crippen LogP) is 5.21. The second-order valence-corrected chi connectivity index (χ2v) is 8.79. The third-order valence-electron chi connectivity index (χ3n) is 5.36. The average molecular weight is 414 g/mol. The molecule has 1 unspecified atom stereocenters. The number of piperidine rings is 1. The lowest BCUT2D eigenvalue weighted by molar-refractivity contribution is -0.0264. The molecule has 0 amide bonds. The van der Waals surface area contributed by atoms with E-state index in [0.29, 0.717) is 6.42 Å². The van der Waals surface area contributed by atoms with Crippen LogP contribution in [-0.4, -0.2) is 53.5 Å². The van der Waals surface area contributed by atoms with Gasteiger partial charge in [-0.05, 0) is 56.1 Å². The van der Waals surface area contributed by atoms with Crippen molar-refractivity contribution in [3.63, 3.8) is 0 Å². The quantitative estimate of drug-likeness (QED) is 0.406. The van der Waals surface area contributed by atoms with Crippen LogP contribution in [0.5, 0.6) is 0 Å². The molecule has 3 aromatic rings. The summed E-state index contributed by atoms with van der Waals surface area (Å²) in [5.41, 5.74) is 3.06. The number of imidazole rings is 1. The minimum Gasteiger partial charge on any atom is -0.362 e. The molecule has 2 heterocycles. The average Bonchev–Trinajstić information content (AvgIpc) is 3.17. The number of benzene rings is 2. The Balaban J connectivity index is 1.61. The molecule has 4 rings (SSSR count). The molecule has 0 aliphatic carbocycles. The first-order valence-corrected chi connectivity index (χ1v) is 11.3. The maximum absolute atomic E-state index is 12.5. The fraction of sp³-hybridized carbons (Fsp3) is 0.435. The van der Waals surface area contributed by atoms with Gasteiger partial charge in [0.1, 0.15) is 11.9 Å². The third kappa shape index (κ3) is 5.18. The molecular formula is C23H28FN3OS. The number of halogens is 1. The van der Waals surface area contributed by atoms with E-state index in [1.807, 2.05) is 24.3 Å². The zero-order valence-electron chi connectivity index (χ0n) is 16.8. The Bertz CT molecular complexity index is 890. The van der Waals surface area contributed by atoms with Crippen molar-refractivity contribution in [2.75, 3.05) is 32.6 Å². The number of H-pyrrole nitrogens is 1. The maximum atomic E-state index is 12.5. The lowest BCUT2D eigenvalue weighted by Gasteiger charge is -2.31. The van der Waals surface area contributed by atoms with Crippen LogP contribution in [0.15, 0.2) is 53.4 Å². The van der Waals surface area contributed by atoms with E-state index in [2.05, 4.69) is 41.2 Å². The van der Waals surface area contributed by atoms with Gasteiger partial charge in [0.05, 0.1) is 23.8 Å². The molecule has 1 atom stereocenters. The first-order chi connectivity index (χ1) is 14.2. The molecule has 1 aromatic heterocycles. The van der Waals surface area contributed by atoms with Gasteiger partial charge in [-0.3, -0.25) is 4.39 Å². The highest BCUT2D eigenvalue weighted by molar-refractivity contribution is 7.99. The molecule has 4 nitrogen and oxygen atoms in total. The lowest BCUT2D eigenvalue weighted by Crippen LogP contribution is -2.35. The van der Waals surface area contributed by atoms with Crippen LogP contribution in [0.3, 0.4) is 0 Å². The SMILES string of the molecule is CN1CCC(OC(c2cccc(SCCCF)c2)c2nc3ccccc3[nH]2)CC1. The molecule has 1 aliphatic rings. The van der Waals surface area contributed by atoms with Crippen LogP contribution < -0.4 is 0 Å². The number of aromatic nitrogens is 2. The predicted molar refractivity (Wildman–Crippen MR) is 117 cm³/mol. The third-order valence-corrected chi connectivity index (χ3v) is 6.44. The number of thioether (sulfide) groups is 1. The van der Waals surface area contributed by atoms with Gasteiger partial charge in [0.15, 0.2) is 0 Å². The summed E-state index contributed by atoms with van der Waals surface area (Å²) in [6.45, 7) is 1.83. The normalized spacial score (nSPS) is 17.0. The highest BCUT2D eigenvalue weighted by Gasteiger charge is 2.26. The first kappa shape index (κ1) is 20.4. The van der Waals surface area contributed by atoms with E-state index < -0.39 is 0 Å². The molecule has 2 aromatic carbocycles. The summed E-state index contributed by atoms with van der Waals surface area (Å²) in [5.74, 6) is 1.63. The number of likely N-dealkylation sites (tertiary alicyclic amines) is 1. The number of alkyl halides is 1. The minimum atomic E-state index is -0.270. The Labute approximate surface area is 175 Å². The largest absolute Gasteiger partial charge is 0.362 e. The number of fused-ring (bicyclic) bond motifs is 1. The molecule has 1 saturated heterocycles. The van der Waals surface area contributed by atoms with Crippen molar-refractivity contribution in [2.45, 2.75) is 36.4 Å². The van der Waals surface area contributed by atoms with Crippen LogP contribution in [0.1, 0.15) is 36.8 Å². The summed E-state index contributed by atoms with van der Waals surface area (Å²) in [6, 6.07) is 16.5. The van der Waals surface area contributed by atoms with Crippen LogP contribution in [0, 0.1) is 0 Å². The van der Waals surface area contributed by atoms with E-state index in [1.54, 1.807) is 11.8 Å². The molecule has 1 aliphatic heterocycles. The Hall–Kier alpha value is -1.89. The van der Waals surface area contributed by atoms with Gasteiger partial charge in [0, 0.05) is 23.7 Å². The maximum Gasteiger partial charge on any atom is 0.141 e. The van der Waals surface area contributed by atoms with Gasteiger partial charge in [-0.1, -0.05) is 24.3 Å². The number of nitrogens with one attached hydrogen (secondary N) is 1. The smallest absolute Gasteiger partial charge is 0.141 e. The van der Waals surface area contributed by atoms with Crippen molar-refractivity contribution in [1.29, 1.82) is 0 Å². The Morgan fingerprint density at radius 1 is 1.21 bits per heavy atom. The van der Waals surface area contributed by atoms with Crippen molar-refractivity contribution in [3.8, 4) is 0 Å². The van der Waals surface area contributed by atoms with Gasteiger partial charge in [-0.2, -0.15) is 0 Å². The highest BCUT2D eigenvalue weighted by Crippen LogP contribution is 2.32. The standard InChI is InChI=1S/C23H28FN3OS/c1-27-13-10-18(11-14-27)28-22(23-25-20-8-2-3-9-21(20)26-23)17-6-4-7-19(16-17)29-15-5-12-24/h2-4,6-9,16,18,22H,5,10-15H2,1H3,(H,25,26). The Morgan fingerprint density at radius 3 is 2.83 bits per heavy atom. The second kappa shape index (κ2) is 9.74. The first-order valence-electron chi connectivity index (χ1n) is 10.3. The second-order valence-electron chi connectivity index (χ2n) is 7.62. The van der Waals surface area contributed by atoms with E-state index in [0.717, 1.165) is 59.0 Å². The number of ether oxygens (including phenoxy) is 1. The summed E-state index contributed by atoms with van der Waals surface area (Å²) in [6.07, 6.45) is 2.61. The zero-order chi connectivity index (χ0) is 20.1. The molecule has 0 radical (unpaired) electrons. The van der Waals surface area contributed by atoms with Crippen LogP contribution in [-0.2, 0) is 4.74 Å². The van der Waals surface area contributed by atoms with E-state index in [-0.39, 0.29) is 18.9 Å². The molecule has 154 valence electrons. The van der Waals surface area contributed by atoms with Crippen molar-refractivity contribution in [3.05, 3.63) is 59.9 Å². The van der Waals surface area contributed by atoms with Gasteiger partial charge in [-0.25, -0.2) is 4.98 Å². The molecule has 29 heavy (non-hydrogen) atoms. The Morgan fingerprint density at radius 2 is 2.03 bits per heavy atom. The monoisotopic (exact) mass is 413 g/mol. The fourth-order valence-corrected chi connectivity index (χ4v) is 4.61. The van der Waals surface area contributed by atoms with Gasteiger partial charge < -0.3 is 14.6 Å². The van der Waals surface area contributed by atoms with E-state index in [9.17, 15) is 4.39 Å².